The summed E-state index contributed by atoms with van der Waals surface area (Å²) in [6.45, 7) is 5.00. The summed E-state index contributed by atoms with van der Waals surface area (Å²) in [4.78, 5) is 24.6. The van der Waals surface area contributed by atoms with Crippen LogP contribution in [0.1, 0.15) is 450 Å². The van der Waals surface area contributed by atoms with Crippen LogP contribution < -0.4 is 5.32 Å². The molecule has 1 amide bonds. The summed E-state index contributed by atoms with van der Waals surface area (Å²) in [6.07, 6.45) is 97.0. The quantitative estimate of drug-likeness (QED) is 0.0320. The summed E-state index contributed by atoms with van der Waals surface area (Å²) in [5.74, 6) is -0.0102. The van der Waals surface area contributed by atoms with E-state index in [2.05, 4.69) is 43.5 Å². The smallest absolute Gasteiger partial charge is 0.305 e. The first kappa shape index (κ1) is 84.3. The van der Waals surface area contributed by atoms with Gasteiger partial charge in [0.2, 0.25) is 5.91 Å². The Labute approximate surface area is 539 Å². The molecule has 0 aromatic heterocycles. The molecule has 0 spiro atoms. The average molecular weight is 1210 g/mol. The van der Waals surface area contributed by atoms with E-state index in [1.165, 1.54) is 372 Å². The van der Waals surface area contributed by atoms with Crippen LogP contribution in [-0.4, -0.2) is 47.4 Å². The van der Waals surface area contributed by atoms with Crippen molar-refractivity contribution in [3.8, 4) is 0 Å². The Morgan fingerprint density at radius 1 is 0.326 bits per heavy atom. The van der Waals surface area contributed by atoms with Crippen LogP contribution in [0.5, 0.6) is 0 Å². The SMILES string of the molecule is CCCCCCCCCCCCCCCCCCCCCCCCC(O)C(CO)NC(=O)CCCCCCCCCCCCCCCCCCC/C=C\C/C=C\CCCCCCCCCCCOC(=O)CCCCCCCCCCCCCCCC. The number of rotatable bonds is 75. The molecule has 0 bridgehead atoms. The molecule has 86 heavy (non-hydrogen) atoms. The minimum atomic E-state index is -0.664. The van der Waals surface area contributed by atoms with Gasteiger partial charge in [0.05, 0.1) is 25.4 Å². The fourth-order valence-electron chi connectivity index (χ4n) is 12.7. The first-order chi connectivity index (χ1) is 42.5. The predicted octanol–water partition coefficient (Wildman–Crippen LogP) is 26.0. The van der Waals surface area contributed by atoms with Gasteiger partial charge in [-0.3, -0.25) is 9.59 Å². The number of aliphatic hydroxyl groups is 2. The molecule has 0 aliphatic carbocycles. The molecule has 0 heterocycles. The van der Waals surface area contributed by atoms with Gasteiger partial charge in [0.25, 0.3) is 0 Å². The molecule has 0 aromatic rings. The standard InChI is InChI=1S/C80H155NO5/c1-3-5-7-9-11-13-15-17-19-20-21-22-36-39-42-45-48-52-56-60-64-68-72-78(83)77(76-82)81-79(84)73-69-65-61-57-53-49-46-43-40-37-34-32-30-28-26-24-23-25-27-29-31-33-35-38-41-44-47-51-55-59-63-67-71-75-86-80(85)74-70-66-62-58-54-50-18-16-14-12-10-8-6-4-2/h27,29,33,35,77-78,82-83H,3-26,28,30-32,34,36-76H2,1-2H3,(H,81,84)/b29-27-,35-33-. The third-order valence-electron chi connectivity index (χ3n) is 18.8. The highest BCUT2D eigenvalue weighted by atomic mass is 16.5. The Balaban J connectivity index is 3.37. The molecule has 2 atom stereocenters. The molecule has 0 saturated heterocycles. The summed E-state index contributed by atoms with van der Waals surface area (Å²) in [5.41, 5.74) is 0. The number of unbranched alkanes of at least 4 members (excludes halogenated alkanes) is 60. The van der Waals surface area contributed by atoms with Crippen LogP contribution in [0.15, 0.2) is 24.3 Å². The van der Waals surface area contributed by atoms with Gasteiger partial charge in [-0.2, -0.15) is 0 Å². The second-order valence-corrected chi connectivity index (χ2v) is 27.4. The van der Waals surface area contributed by atoms with E-state index in [4.69, 9.17) is 4.74 Å². The fourth-order valence-corrected chi connectivity index (χ4v) is 12.7. The van der Waals surface area contributed by atoms with Gasteiger partial charge < -0.3 is 20.3 Å². The van der Waals surface area contributed by atoms with Crippen LogP contribution in [0.4, 0.5) is 0 Å². The lowest BCUT2D eigenvalue weighted by Crippen LogP contribution is -2.45. The molecule has 3 N–H and O–H groups in total. The van der Waals surface area contributed by atoms with Crippen molar-refractivity contribution in [2.45, 2.75) is 463 Å². The predicted molar refractivity (Wildman–Crippen MR) is 380 cm³/mol. The highest BCUT2D eigenvalue weighted by Gasteiger charge is 2.20. The van der Waals surface area contributed by atoms with E-state index < -0.39 is 12.1 Å². The average Bonchev–Trinajstić information content (AvgIpc) is 3.58. The first-order valence-electron chi connectivity index (χ1n) is 39.6. The summed E-state index contributed by atoms with van der Waals surface area (Å²) in [7, 11) is 0. The molecule has 0 rings (SSSR count). The first-order valence-corrected chi connectivity index (χ1v) is 39.6. The maximum atomic E-state index is 12.6. The zero-order valence-corrected chi connectivity index (χ0v) is 58.6. The van der Waals surface area contributed by atoms with E-state index >= 15 is 0 Å². The second kappa shape index (κ2) is 75.8. The number of allylic oxidation sites excluding steroid dienone is 4. The third kappa shape index (κ3) is 71.4. The molecular formula is C80H155NO5. The van der Waals surface area contributed by atoms with Crippen molar-refractivity contribution in [1.82, 2.24) is 5.32 Å². The second-order valence-electron chi connectivity index (χ2n) is 27.4. The lowest BCUT2D eigenvalue weighted by molar-refractivity contribution is -0.143. The van der Waals surface area contributed by atoms with Crippen molar-refractivity contribution in [2.75, 3.05) is 13.2 Å². The normalized spacial score (nSPS) is 12.6. The van der Waals surface area contributed by atoms with Crippen molar-refractivity contribution < 1.29 is 24.5 Å². The molecule has 6 nitrogen and oxygen atoms in total. The van der Waals surface area contributed by atoms with Crippen LogP contribution in [0.2, 0.25) is 0 Å². The van der Waals surface area contributed by atoms with Crippen LogP contribution in [-0.2, 0) is 14.3 Å². The number of amides is 1. The van der Waals surface area contributed by atoms with Gasteiger partial charge in [-0.05, 0) is 57.8 Å². The van der Waals surface area contributed by atoms with E-state index in [9.17, 15) is 19.8 Å². The van der Waals surface area contributed by atoms with Gasteiger partial charge in [0.15, 0.2) is 0 Å². The Morgan fingerprint density at radius 2 is 0.581 bits per heavy atom. The number of aliphatic hydroxyl groups excluding tert-OH is 2. The molecule has 0 saturated carbocycles. The summed E-state index contributed by atoms with van der Waals surface area (Å²) in [6, 6.07) is -0.541. The van der Waals surface area contributed by atoms with Crippen molar-refractivity contribution in [3.63, 3.8) is 0 Å². The monoisotopic (exact) mass is 1210 g/mol. The largest absolute Gasteiger partial charge is 0.466 e. The zero-order chi connectivity index (χ0) is 62.0. The minimum Gasteiger partial charge on any atom is -0.466 e. The molecule has 510 valence electrons. The van der Waals surface area contributed by atoms with Crippen molar-refractivity contribution in [3.05, 3.63) is 24.3 Å². The maximum absolute atomic E-state index is 12.6. The maximum Gasteiger partial charge on any atom is 0.305 e. The molecule has 0 fully saturated rings. The molecular weight excluding hydrogens is 1050 g/mol. The summed E-state index contributed by atoms with van der Waals surface area (Å²) in [5, 5.41) is 23.5. The molecule has 0 aromatic carbocycles. The lowest BCUT2D eigenvalue weighted by Gasteiger charge is -2.22. The van der Waals surface area contributed by atoms with Crippen molar-refractivity contribution >= 4 is 11.9 Å². The number of carbonyl (C=O) groups excluding carboxylic acids is 2. The highest BCUT2D eigenvalue weighted by molar-refractivity contribution is 5.76. The number of esters is 1. The van der Waals surface area contributed by atoms with E-state index in [1.54, 1.807) is 0 Å². The van der Waals surface area contributed by atoms with E-state index in [0.29, 0.717) is 25.9 Å². The number of ether oxygens (including phenoxy) is 1. The molecule has 2 unspecified atom stereocenters. The molecule has 0 aliphatic rings. The number of carbonyl (C=O) groups is 2. The fraction of sp³-hybridized carbons (Fsp3) is 0.925. The van der Waals surface area contributed by atoms with E-state index in [0.717, 1.165) is 44.9 Å². The van der Waals surface area contributed by atoms with Crippen molar-refractivity contribution in [2.24, 2.45) is 0 Å². The highest BCUT2D eigenvalue weighted by Crippen LogP contribution is 2.20. The summed E-state index contributed by atoms with van der Waals surface area (Å²) < 4.78 is 5.49. The molecule has 6 heteroatoms. The van der Waals surface area contributed by atoms with Gasteiger partial charge in [-0.1, -0.05) is 404 Å². The topological polar surface area (TPSA) is 95.9 Å². The minimum absolute atomic E-state index is 0.0175. The molecule has 0 radical (unpaired) electrons. The van der Waals surface area contributed by atoms with Crippen LogP contribution in [0, 0.1) is 0 Å². The zero-order valence-electron chi connectivity index (χ0n) is 58.6. The third-order valence-corrected chi connectivity index (χ3v) is 18.8. The van der Waals surface area contributed by atoms with Gasteiger partial charge in [-0.15, -0.1) is 0 Å². The number of hydrogen-bond donors (Lipinski definition) is 3. The van der Waals surface area contributed by atoms with Crippen molar-refractivity contribution in [1.29, 1.82) is 0 Å². The Bertz CT molecular complexity index is 1350. The van der Waals surface area contributed by atoms with Crippen LogP contribution >= 0.6 is 0 Å². The van der Waals surface area contributed by atoms with Gasteiger partial charge >= 0.3 is 5.97 Å². The van der Waals surface area contributed by atoms with E-state index in [1.807, 2.05) is 0 Å². The lowest BCUT2D eigenvalue weighted by atomic mass is 10.0. The van der Waals surface area contributed by atoms with Gasteiger partial charge in [0, 0.05) is 12.8 Å². The number of hydrogen-bond acceptors (Lipinski definition) is 5. The molecule has 0 aliphatic heterocycles. The Hall–Kier alpha value is -1.66. The summed E-state index contributed by atoms with van der Waals surface area (Å²) >= 11 is 0. The van der Waals surface area contributed by atoms with Gasteiger partial charge in [0.1, 0.15) is 0 Å². The van der Waals surface area contributed by atoms with E-state index in [-0.39, 0.29) is 18.5 Å². The van der Waals surface area contributed by atoms with Gasteiger partial charge in [-0.25, -0.2) is 0 Å². The Kier molecular flexibility index (Phi) is 74.3. The van der Waals surface area contributed by atoms with Crippen LogP contribution in [0.3, 0.4) is 0 Å². The number of nitrogens with one attached hydrogen (secondary N) is 1. The Morgan fingerprint density at radius 3 is 0.884 bits per heavy atom. The van der Waals surface area contributed by atoms with Crippen LogP contribution in [0.25, 0.3) is 0 Å².